The Bertz CT molecular complexity index is 482. The Balaban J connectivity index is 1.86. The normalized spacial score (nSPS) is 18.6. The maximum Gasteiger partial charge on any atom is 0.214 e. The summed E-state index contributed by atoms with van der Waals surface area (Å²) in [6.45, 7) is 5.85. The van der Waals surface area contributed by atoms with Crippen molar-refractivity contribution in [2.24, 2.45) is 0 Å². The van der Waals surface area contributed by atoms with Gasteiger partial charge >= 0.3 is 0 Å². The highest BCUT2D eigenvalue weighted by molar-refractivity contribution is 7.89. The first-order chi connectivity index (χ1) is 9.12. The minimum absolute atomic E-state index is 0.269. The van der Waals surface area contributed by atoms with E-state index in [0.717, 1.165) is 19.6 Å². The molecule has 0 aromatic carbocycles. The van der Waals surface area contributed by atoms with E-state index in [9.17, 15) is 8.42 Å². The number of pyridine rings is 1. The van der Waals surface area contributed by atoms with Gasteiger partial charge in [-0.3, -0.25) is 4.98 Å². The van der Waals surface area contributed by atoms with Crippen molar-refractivity contribution in [2.75, 3.05) is 31.9 Å². The molecular weight excluding hydrogens is 262 g/mol. The maximum atomic E-state index is 12.0. The molecule has 1 aromatic heterocycles. The molecule has 0 spiro atoms. The third-order valence-electron chi connectivity index (χ3n) is 3.46. The van der Waals surface area contributed by atoms with E-state index in [1.54, 1.807) is 10.5 Å². The molecule has 0 unspecified atom stereocenters. The van der Waals surface area contributed by atoms with Crippen molar-refractivity contribution in [1.29, 1.82) is 0 Å². The van der Waals surface area contributed by atoms with Crippen LogP contribution in [0.4, 0.5) is 0 Å². The van der Waals surface area contributed by atoms with E-state index < -0.39 is 10.0 Å². The molecule has 106 valence electrons. The first kappa shape index (κ1) is 14.4. The molecule has 6 heteroatoms. The lowest BCUT2D eigenvalue weighted by molar-refractivity contribution is -0.917. The lowest BCUT2D eigenvalue weighted by Crippen LogP contribution is -3.13. The van der Waals surface area contributed by atoms with E-state index >= 15 is 0 Å². The van der Waals surface area contributed by atoms with Crippen LogP contribution in [-0.4, -0.2) is 49.6 Å². The fourth-order valence-electron chi connectivity index (χ4n) is 2.44. The van der Waals surface area contributed by atoms with Gasteiger partial charge in [0.05, 0.1) is 31.9 Å². The molecule has 5 nitrogen and oxygen atoms in total. The number of nitrogens with zero attached hydrogens (tertiary/aromatic N) is 2. The fraction of sp³-hybridized carbons (Fsp3) is 0.615. The van der Waals surface area contributed by atoms with Crippen LogP contribution in [0, 0.1) is 0 Å². The Hall–Kier alpha value is -0.980. The lowest BCUT2D eigenvalue weighted by Gasteiger charge is -2.31. The number of hydrogen-bond acceptors (Lipinski definition) is 3. The van der Waals surface area contributed by atoms with Crippen molar-refractivity contribution in [3.05, 3.63) is 30.1 Å². The van der Waals surface area contributed by atoms with Gasteiger partial charge in [0.25, 0.3) is 0 Å². The Labute approximate surface area is 115 Å². The minimum atomic E-state index is -3.02. The molecule has 2 heterocycles. The number of quaternary nitrogens is 1. The van der Waals surface area contributed by atoms with Crippen molar-refractivity contribution in [2.45, 2.75) is 19.9 Å². The summed E-state index contributed by atoms with van der Waals surface area (Å²) in [6.07, 6.45) is 4.34. The first-order valence-electron chi connectivity index (χ1n) is 6.82. The van der Waals surface area contributed by atoms with E-state index in [4.69, 9.17) is 0 Å². The van der Waals surface area contributed by atoms with E-state index in [1.807, 2.05) is 19.2 Å². The Morgan fingerprint density at radius 1 is 1.37 bits per heavy atom. The first-order valence-corrected chi connectivity index (χ1v) is 8.43. The van der Waals surface area contributed by atoms with Crippen LogP contribution in [0.5, 0.6) is 0 Å². The van der Waals surface area contributed by atoms with E-state index in [0.29, 0.717) is 19.5 Å². The summed E-state index contributed by atoms with van der Waals surface area (Å²) in [5.74, 6) is 0.269. The van der Waals surface area contributed by atoms with Crippen molar-refractivity contribution in [1.82, 2.24) is 9.29 Å². The second-order valence-corrected chi connectivity index (χ2v) is 7.09. The lowest BCUT2D eigenvalue weighted by atomic mass is 10.2. The van der Waals surface area contributed by atoms with Crippen LogP contribution in [0.1, 0.15) is 18.9 Å². The molecule has 1 N–H and O–H groups in total. The van der Waals surface area contributed by atoms with Gasteiger partial charge in [0, 0.05) is 18.0 Å². The third kappa shape index (κ3) is 3.99. The van der Waals surface area contributed by atoms with E-state index in [-0.39, 0.29) is 5.75 Å². The number of aromatic nitrogens is 1. The van der Waals surface area contributed by atoms with Crippen LogP contribution in [-0.2, 0) is 16.6 Å². The SMILES string of the molecule is CCCS(=O)(=O)N1CC[NH+](Cc2cccnc2)CC1. The second kappa shape index (κ2) is 6.45. The second-order valence-electron chi connectivity index (χ2n) is 5.00. The highest BCUT2D eigenvalue weighted by Gasteiger charge is 2.28. The molecule has 1 aromatic rings. The van der Waals surface area contributed by atoms with Crippen LogP contribution in [0.2, 0.25) is 0 Å². The standard InChI is InChI=1S/C13H21N3O2S/c1-2-10-19(17,18)16-8-6-15(7-9-16)12-13-4-3-5-14-11-13/h3-5,11H,2,6-10,12H2,1H3/p+1. The molecule has 19 heavy (non-hydrogen) atoms. The molecule has 1 aliphatic rings. The predicted octanol–water partition coefficient (Wildman–Crippen LogP) is -0.478. The summed E-state index contributed by atoms with van der Waals surface area (Å²) in [5.41, 5.74) is 1.21. The maximum absolute atomic E-state index is 12.0. The molecule has 0 bridgehead atoms. The molecular formula is C13H22N3O2S+. The van der Waals surface area contributed by atoms with Crippen LogP contribution in [0.15, 0.2) is 24.5 Å². The number of sulfonamides is 1. The van der Waals surface area contributed by atoms with Gasteiger partial charge in [0.1, 0.15) is 6.54 Å². The quantitative estimate of drug-likeness (QED) is 0.795. The van der Waals surface area contributed by atoms with Crippen molar-refractivity contribution in [3.8, 4) is 0 Å². The summed E-state index contributed by atoms with van der Waals surface area (Å²) < 4.78 is 25.6. The molecule has 2 rings (SSSR count). The van der Waals surface area contributed by atoms with Crippen LogP contribution >= 0.6 is 0 Å². The molecule has 0 atom stereocenters. The Morgan fingerprint density at radius 2 is 2.11 bits per heavy atom. The Morgan fingerprint density at radius 3 is 2.68 bits per heavy atom. The van der Waals surface area contributed by atoms with Crippen LogP contribution in [0.25, 0.3) is 0 Å². The number of rotatable bonds is 5. The zero-order valence-corrected chi connectivity index (χ0v) is 12.2. The largest absolute Gasteiger partial charge is 0.329 e. The van der Waals surface area contributed by atoms with Gasteiger partial charge in [-0.05, 0) is 12.5 Å². The molecule has 1 saturated heterocycles. The van der Waals surface area contributed by atoms with Crippen molar-refractivity contribution in [3.63, 3.8) is 0 Å². The highest BCUT2D eigenvalue weighted by Crippen LogP contribution is 2.03. The monoisotopic (exact) mass is 284 g/mol. The molecule has 1 aliphatic heterocycles. The topological polar surface area (TPSA) is 54.7 Å². The van der Waals surface area contributed by atoms with Crippen LogP contribution < -0.4 is 4.90 Å². The molecule has 0 saturated carbocycles. The number of nitrogens with one attached hydrogen (secondary N) is 1. The average Bonchev–Trinajstić information content (AvgIpc) is 2.40. The predicted molar refractivity (Wildman–Crippen MR) is 74.3 cm³/mol. The fourth-order valence-corrected chi connectivity index (χ4v) is 3.95. The summed E-state index contributed by atoms with van der Waals surface area (Å²) in [6, 6.07) is 4.01. The van der Waals surface area contributed by atoms with Gasteiger partial charge in [-0.2, -0.15) is 4.31 Å². The van der Waals surface area contributed by atoms with Crippen LogP contribution in [0.3, 0.4) is 0 Å². The molecule has 0 amide bonds. The van der Waals surface area contributed by atoms with Gasteiger partial charge in [-0.15, -0.1) is 0 Å². The van der Waals surface area contributed by atoms with Gasteiger partial charge in [-0.1, -0.05) is 13.0 Å². The highest BCUT2D eigenvalue weighted by atomic mass is 32.2. The van der Waals surface area contributed by atoms with Gasteiger partial charge < -0.3 is 4.90 Å². The average molecular weight is 284 g/mol. The molecule has 0 radical (unpaired) electrons. The molecule has 0 aliphatic carbocycles. The minimum Gasteiger partial charge on any atom is -0.329 e. The van der Waals surface area contributed by atoms with Crippen molar-refractivity contribution < 1.29 is 13.3 Å². The summed E-state index contributed by atoms with van der Waals surface area (Å²) in [7, 11) is -3.02. The number of piperazine rings is 1. The third-order valence-corrected chi connectivity index (χ3v) is 5.54. The Kier molecular flexibility index (Phi) is 4.90. The van der Waals surface area contributed by atoms with Gasteiger partial charge in [0.15, 0.2) is 0 Å². The van der Waals surface area contributed by atoms with Gasteiger partial charge in [-0.25, -0.2) is 8.42 Å². The zero-order valence-electron chi connectivity index (χ0n) is 11.4. The number of hydrogen-bond donors (Lipinski definition) is 1. The summed E-state index contributed by atoms with van der Waals surface area (Å²) in [4.78, 5) is 5.54. The summed E-state index contributed by atoms with van der Waals surface area (Å²) in [5, 5.41) is 0. The smallest absolute Gasteiger partial charge is 0.214 e. The summed E-state index contributed by atoms with van der Waals surface area (Å²) >= 11 is 0. The van der Waals surface area contributed by atoms with Gasteiger partial charge in [0.2, 0.25) is 10.0 Å². The molecule has 1 fully saturated rings. The van der Waals surface area contributed by atoms with E-state index in [1.165, 1.54) is 10.5 Å². The van der Waals surface area contributed by atoms with Crippen molar-refractivity contribution >= 4 is 10.0 Å². The zero-order chi connectivity index (χ0) is 13.7. The van der Waals surface area contributed by atoms with E-state index in [2.05, 4.69) is 11.1 Å².